The van der Waals surface area contributed by atoms with Gasteiger partial charge in [-0.2, -0.15) is 0 Å². The Balaban J connectivity index is 2.19. The lowest BCUT2D eigenvalue weighted by Gasteiger charge is -2.19. The van der Waals surface area contributed by atoms with E-state index in [2.05, 4.69) is 57.2 Å². The van der Waals surface area contributed by atoms with Crippen LogP contribution < -0.4 is 0 Å². The SMILES string of the molecule is CCCC(C)c1c(C)nc(-c2ccccc2)nc1-c1ccccc1. The second kappa shape index (κ2) is 7.39. The summed E-state index contributed by atoms with van der Waals surface area (Å²) in [7, 11) is 0. The molecule has 1 heterocycles. The molecule has 24 heavy (non-hydrogen) atoms. The van der Waals surface area contributed by atoms with E-state index in [1.165, 1.54) is 5.56 Å². The third-order valence-corrected chi connectivity index (χ3v) is 4.43. The zero-order chi connectivity index (χ0) is 16.9. The molecule has 2 aromatic carbocycles. The minimum absolute atomic E-state index is 0.454. The molecule has 0 amide bonds. The molecule has 0 aliphatic heterocycles. The van der Waals surface area contributed by atoms with Crippen LogP contribution in [0.2, 0.25) is 0 Å². The quantitative estimate of drug-likeness (QED) is 0.575. The highest BCUT2D eigenvalue weighted by Crippen LogP contribution is 2.33. The fourth-order valence-corrected chi connectivity index (χ4v) is 3.28. The molecule has 2 heteroatoms. The van der Waals surface area contributed by atoms with Crippen molar-refractivity contribution in [2.75, 3.05) is 0 Å². The van der Waals surface area contributed by atoms with Crippen molar-refractivity contribution in [1.29, 1.82) is 0 Å². The molecule has 0 fully saturated rings. The normalized spacial score (nSPS) is 12.1. The molecule has 0 aliphatic rings. The first kappa shape index (κ1) is 16.4. The van der Waals surface area contributed by atoms with Crippen LogP contribution in [0.5, 0.6) is 0 Å². The summed E-state index contributed by atoms with van der Waals surface area (Å²) >= 11 is 0. The third-order valence-electron chi connectivity index (χ3n) is 4.43. The Bertz CT molecular complexity index is 795. The van der Waals surface area contributed by atoms with Crippen molar-refractivity contribution in [3.63, 3.8) is 0 Å². The van der Waals surface area contributed by atoms with E-state index >= 15 is 0 Å². The van der Waals surface area contributed by atoms with Gasteiger partial charge in [0.2, 0.25) is 0 Å². The van der Waals surface area contributed by atoms with Gasteiger partial charge in [-0.25, -0.2) is 9.97 Å². The van der Waals surface area contributed by atoms with Gasteiger partial charge in [0.1, 0.15) is 0 Å². The zero-order valence-corrected chi connectivity index (χ0v) is 14.7. The van der Waals surface area contributed by atoms with E-state index in [9.17, 15) is 0 Å². The summed E-state index contributed by atoms with van der Waals surface area (Å²) in [6.07, 6.45) is 2.31. The minimum Gasteiger partial charge on any atom is -0.233 e. The van der Waals surface area contributed by atoms with E-state index in [0.29, 0.717) is 5.92 Å². The van der Waals surface area contributed by atoms with Gasteiger partial charge in [0.05, 0.1) is 5.69 Å². The standard InChI is InChI=1S/C22H24N2/c1-4-11-16(2)20-17(3)23-22(19-14-9-6-10-15-19)24-21(20)18-12-7-5-8-13-18/h5-10,12-16H,4,11H2,1-3H3. The van der Waals surface area contributed by atoms with Crippen LogP contribution in [0, 0.1) is 6.92 Å². The summed E-state index contributed by atoms with van der Waals surface area (Å²) in [5.41, 5.74) is 5.67. The maximum absolute atomic E-state index is 4.97. The van der Waals surface area contributed by atoms with Crippen molar-refractivity contribution < 1.29 is 0 Å². The molecule has 1 atom stereocenters. The van der Waals surface area contributed by atoms with Crippen molar-refractivity contribution in [2.45, 2.75) is 39.5 Å². The van der Waals surface area contributed by atoms with E-state index in [-0.39, 0.29) is 0 Å². The van der Waals surface area contributed by atoms with Crippen molar-refractivity contribution in [3.05, 3.63) is 71.9 Å². The number of nitrogens with zero attached hydrogens (tertiary/aromatic N) is 2. The van der Waals surface area contributed by atoms with Crippen LogP contribution in [-0.2, 0) is 0 Å². The van der Waals surface area contributed by atoms with Gasteiger partial charge in [-0.05, 0) is 19.3 Å². The molecule has 0 saturated heterocycles. The maximum Gasteiger partial charge on any atom is 0.160 e. The predicted molar refractivity (Wildman–Crippen MR) is 101 cm³/mol. The number of benzene rings is 2. The highest BCUT2D eigenvalue weighted by atomic mass is 14.9. The van der Waals surface area contributed by atoms with Crippen LogP contribution in [0.4, 0.5) is 0 Å². The lowest BCUT2D eigenvalue weighted by atomic mass is 9.91. The van der Waals surface area contributed by atoms with Crippen LogP contribution >= 0.6 is 0 Å². The van der Waals surface area contributed by atoms with Crippen LogP contribution in [0.3, 0.4) is 0 Å². The van der Waals surface area contributed by atoms with Crippen LogP contribution in [0.15, 0.2) is 60.7 Å². The Hall–Kier alpha value is -2.48. The number of rotatable bonds is 5. The predicted octanol–water partition coefficient (Wildman–Crippen LogP) is 6.02. The smallest absolute Gasteiger partial charge is 0.160 e. The Morgan fingerprint density at radius 1 is 0.833 bits per heavy atom. The molecular formula is C22H24N2. The Labute approximate surface area is 144 Å². The largest absolute Gasteiger partial charge is 0.233 e. The molecule has 0 bridgehead atoms. The fourth-order valence-electron chi connectivity index (χ4n) is 3.28. The van der Waals surface area contributed by atoms with Crippen LogP contribution in [-0.4, -0.2) is 9.97 Å². The van der Waals surface area contributed by atoms with E-state index in [0.717, 1.165) is 41.2 Å². The molecular weight excluding hydrogens is 292 g/mol. The molecule has 3 aromatic rings. The molecule has 0 aliphatic carbocycles. The molecule has 0 radical (unpaired) electrons. The number of hydrogen-bond acceptors (Lipinski definition) is 2. The second-order valence-corrected chi connectivity index (χ2v) is 6.32. The monoisotopic (exact) mass is 316 g/mol. The summed E-state index contributed by atoms with van der Waals surface area (Å²) in [6, 6.07) is 20.7. The summed E-state index contributed by atoms with van der Waals surface area (Å²) in [4.78, 5) is 9.79. The van der Waals surface area contributed by atoms with E-state index in [1.54, 1.807) is 0 Å². The number of hydrogen-bond donors (Lipinski definition) is 0. The third kappa shape index (κ3) is 3.38. The molecule has 122 valence electrons. The first-order valence-electron chi connectivity index (χ1n) is 8.70. The van der Waals surface area contributed by atoms with Gasteiger partial charge in [0.15, 0.2) is 5.82 Å². The molecule has 0 saturated carbocycles. The lowest BCUT2D eigenvalue weighted by molar-refractivity contribution is 0.656. The summed E-state index contributed by atoms with van der Waals surface area (Å²) in [5, 5.41) is 0. The summed E-state index contributed by atoms with van der Waals surface area (Å²) < 4.78 is 0. The van der Waals surface area contributed by atoms with E-state index in [1.807, 2.05) is 24.3 Å². The van der Waals surface area contributed by atoms with Gasteiger partial charge in [0, 0.05) is 22.4 Å². The van der Waals surface area contributed by atoms with Crippen molar-refractivity contribution in [2.24, 2.45) is 0 Å². The van der Waals surface area contributed by atoms with Crippen LogP contribution in [0.1, 0.15) is 43.9 Å². The summed E-state index contributed by atoms with van der Waals surface area (Å²) in [6.45, 7) is 6.62. The fraction of sp³-hybridized carbons (Fsp3) is 0.273. The number of aromatic nitrogens is 2. The Morgan fingerprint density at radius 3 is 2.00 bits per heavy atom. The summed E-state index contributed by atoms with van der Waals surface area (Å²) in [5.74, 6) is 1.26. The molecule has 3 rings (SSSR count). The molecule has 1 aromatic heterocycles. The van der Waals surface area contributed by atoms with Crippen LogP contribution in [0.25, 0.3) is 22.6 Å². The zero-order valence-electron chi connectivity index (χ0n) is 14.7. The second-order valence-electron chi connectivity index (χ2n) is 6.32. The first-order chi connectivity index (χ1) is 11.7. The van der Waals surface area contributed by atoms with Gasteiger partial charge in [-0.3, -0.25) is 0 Å². The average Bonchev–Trinajstić information content (AvgIpc) is 2.62. The van der Waals surface area contributed by atoms with Gasteiger partial charge in [0.25, 0.3) is 0 Å². The Kier molecular flexibility index (Phi) is 5.05. The van der Waals surface area contributed by atoms with Gasteiger partial charge < -0.3 is 0 Å². The van der Waals surface area contributed by atoms with Gasteiger partial charge in [-0.1, -0.05) is 80.9 Å². The molecule has 0 spiro atoms. The molecule has 1 unspecified atom stereocenters. The van der Waals surface area contributed by atoms with Crippen molar-refractivity contribution in [1.82, 2.24) is 9.97 Å². The van der Waals surface area contributed by atoms with Gasteiger partial charge >= 0.3 is 0 Å². The molecule has 2 nitrogen and oxygen atoms in total. The van der Waals surface area contributed by atoms with E-state index in [4.69, 9.17) is 9.97 Å². The highest BCUT2D eigenvalue weighted by molar-refractivity contribution is 5.68. The molecule has 0 N–H and O–H groups in total. The van der Waals surface area contributed by atoms with Gasteiger partial charge in [-0.15, -0.1) is 0 Å². The average molecular weight is 316 g/mol. The maximum atomic E-state index is 4.97. The van der Waals surface area contributed by atoms with Crippen molar-refractivity contribution >= 4 is 0 Å². The number of aryl methyl sites for hydroxylation is 1. The highest BCUT2D eigenvalue weighted by Gasteiger charge is 2.18. The topological polar surface area (TPSA) is 25.8 Å². The van der Waals surface area contributed by atoms with Crippen molar-refractivity contribution in [3.8, 4) is 22.6 Å². The van der Waals surface area contributed by atoms with E-state index < -0.39 is 0 Å². The Morgan fingerprint density at radius 2 is 1.42 bits per heavy atom. The first-order valence-corrected chi connectivity index (χ1v) is 8.70. The minimum atomic E-state index is 0.454. The lowest BCUT2D eigenvalue weighted by Crippen LogP contribution is -2.06.